The fourth-order valence-corrected chi connectivity index (χ4v) is 1.42. The highest BCUT2D eigenvalue weighted by molar-refractivity contribution is 5.80. The summed E-state index contributed by atoms with van der Waals surface area (Å²) in [5.74, 6) is -0.147. The molecule has 0 spiro atoms. The van der Waals surface area contributed by atoms with Crippen molar-refractivity contribution >= 4 is 5.97 Å². The summed E-state index contributed by atoms with van der Waals surface area (Å²) in [7, 11) is 1.44. The maximum atomic E-state index is 11.5. The predicted octanol–water partition coefficient (Wildman–Crippen LogP) is 1.72. The van der Waals surface area contributed by atoms with Gasteiger partial charge < -0.3 is 10.1 Å². The van der Waals surface area contributed by atoms with Gasteiger partial charge in [-0.3, -0.25) is 4.79 Å². The fourth-order valence-electron chi connectivity index (χ4n) is 1.42. The lowest BCUT2D eigenvalue weighted by Gasteiger charge is -2.29. The standard InChI is InChI=1S/C10H21NO2/c1-5-8-11-10(6-2,7-3)9(12)13-4/h11H,5-8H2,1-4H3. The molecule has 0 unspecified atom stereocenters. The molecule has 3 heteroatoms. The molecule has 78 valence electrons. The Morgan fingerprint density at radius 3 is 2.15 bits per heavy atom. The summed E-state index contributed by atoms with van der Waals surface area (Å²) < 4.78 is 4.79. The molecule has 0 aromatic rings. The van der Waals surface area contributed by atoms with Gasteiger partial charge in [0.05, 0.1) is 7.11 Å². The topological polar surface area (TPSA) is 38.3 Å². The molecule has 0 heterocycles. The zero-order valence-corrected chi connectivity index (χ0v) is 9.14. The minimum atomic E-state index is -0.468. The number of ether oxygens (including phenoxy) is 1. The van der Waals surface area contributed by atoms with E-state index < -0.39 is 5.54 Å². The Labute approximate surface area is 80.8 Å². The summed E-state index contributed by atoms with van der Waals surface area (Å²) in [4.78, 5) is 11.5. The van der Waals surface area contributed by atoms with Crippen LogP contribution in [0.5, 0.6) is 0 Å². The van der Waals surface area contributed by atoms with E-state index in [4.69, 9.17) is 4.74 Å². The van der Waals surface area contributed by atoms with Crippen molar-refractivity contribution in [2.24, 2.45) is 0 Å². The van der Waals surface area contributed by atoms with E-state index in [1.807, 2.05) is 13.8 Å². The van der Waals surface area contributed by atoms with Crippen molar-refractivity contribution in [2.75, 3.05) is 13.7 Å². The second-order valence-electron chi connectivity index (χ2n) is 3.21. The lowest BCUT2D eigenvalue weighted by molar-refractivity contribution is -0.149. The monoisotopic (exact) mass is 187 g/mol. The molecule has 0 atom stereocenters. The predicted molar refractivity (Wildman–Crippen MR) is 53.6 cm³/mol. The Bertz CT molecular complexity index is 153. The zero-order chi connectivity index (χ0) is 10.3. The van der Waals surface area contributed by atoms with E-state index in [0.29, 0.717) is 0 Å². The van der Waals surface area contributed by atoms with Gasteiger partial charge in [-0.2, -0.15) is 0 Å². The maximum absolute atomic E-state index is 11.5. The van der Waals surface area contributed by atoms with E-state index in [2.05, 4.69) is 12.2 Å². The van der Waals surface area contributed by atoms with Gasteiger partial charge in [0.1, 0.15) is 5.54 Å². The highest BCUT2D eigenvalue weighted by Crippen LogP contribution is 2.16. The summed E-state index contributed by atoms with van der Waals surface area (Å²) in [5, 5.41) is 3.26. The highest BCUT2D eigenvalue weighted by atomic mass is 16.5. The number of hydrogen-bond donors (Lipinski definition) is 1. The van der Waals surface area contributed by atoms with Crippen LogP contribution < -0.4 is 5.32 Å². The van der Waals surface area contributed by atoms with Crippen LogP contribution in [0.4, 0.5) is 0 Å². The van der Waals surface area contributed by atoms with Gasteiger partial charge in [0.15, 0.2) is 0 Å². The third-order valence-corrected chi connectivity index (χ3v) is 2.50. The molecule has 0 aliphatic rings. The first-order valence-corrected chi connectivity index (χ1v) is 5.00. The van der Waals surface area contributed by atoms with Gasteiger partial charge in [-0.25, -0.2) is 0 Å². The summed E-state index contributed by atoms with van der Waals surface area (Å²) in [6.45, 7) is 6.95. The van der Waals surface area contributed by atoms with Crippen LogP contribution in [0, 0.1) is 0 Å². The van der Waals surface area contributed by atoms with Crippen molar-refractivity contribution in [3.05, 3.63) is 0 Å². The van der Waals surface area contributed by atoms with E-state index >= 15 is 0 Å². The summed E-state index contributed by atoms with van der Waals surface area (Å²) in [6.07, 6.45) is 2.57. The van der Waals surface area contributed by atoms with Crippen LogP contribution in [-0.4, -0.2) is 25.2 Å². The molecule has 0 aromatic heterocycles. The first kappa shape index (κ1) is 12.4. The normalized spacial score (nSPS) is 11.4. The van der Waals surface area contributed by atoms with Gasteiger partial charge in [0, 0.05) is 0 Å². The lowest BCUT2D eigenvalue weighted by Crippen LogP contribution is -2.52. The summed E-state index contributed by atoms with van der Waals surface area (Å²) in [5.41, 5.74) is -0.468. The second kappa shape index (κ2) is 5.97. The van der Waals surface area contributed by atoms with Crippen LogP contribution in [0.3, 0.4) is 0 Å². The SMILES string of the molecule is CCCNC(CC)(CC)C(=O)OC. The van der Waals surface area contributed by atoms with E-state index in [1.165, 1.54) is 7.11 Å². The smallest absolute Gasteiger partial charge is 0.326 e. The molecular formula is C10H21NO2. The largest absolute Gasteiger partial charge is 0.468 e. The van der Waals surface area contributed by atoms with Crippen LogP contribution in [0.2, 0.25) is 0 Å². The number of carbonyl (C=O) groups is 1. The van der Waals surface area contributed by atoms with Crippen LogP contribution in [0.15, 0.2) is 0 Å². The van der Waals surface area contributed by atoms with Crippen LogP contribution in [-0.2, 0) is 9.53 Å². The van der Waals surface area contributed by atoms with Gasteiger partial charge in [0.2, 0.25) is 0 Å². The Hall–Kier alpha value is -0.570. The lowest BCUT2D eigenvalue weighted by atomic mass is 9.93. The average molecular weight is 187 g/mol. The first-order valence-electron chi connectivity index (χ1n) is 5.00. The molecule has 0 radical (unpaired) electrons. The zero-order valence-electron chi connectivity index (χ0n) is 9.14. The quantitative estimate of drug-likeness (QED) is 0.643. The number of hydrogen-bond acceptors (Lipinski definition) is 3. The third-order valence-electron chi connectivity index (χ3n) is 2.50. The van der Waals surface area contributed by atoms with Crippen molar-refractivity contribution in [1.82, 2.24) is 5.32 Å². The Morgan fingerprint density at radius 1 is 1.31 bits per heavy atom. The first-order chi connectivity index (χ1) is 6.16. The van der Waals surface area contributed by atoms with E-state index in [1.54, 1.807) is 0 Å². The number of esters is 1. The van der Waals surface area contributed by atoms with Crippen molar-refractivity contribution in [2.45, 2.75) is 45.6 Å². The van der Waals surface area contributed by atoms with E-state index in [0.717, 1.165) is 25.8 Å². The molecule has 0 rings (SSSR count). The molecule has 0 aliphatic carbocycles. The second-order valence-corrected chi connectivity index (χ2v) is 3.21. The molecule has 0 aliphatic heterocycles. The van der Waals surface area contributed by atoms with Crippen LogP contribution in [0.25, 0.3) is 0 Å². The number of rotatable bonds is 6. The minimum Gasteiger partial charge on any atom is -0.468 e. The highest BCUT2D eigenvalue weighted by Gasteiger charge is 2.34. The molecule has 0 bridgehead atoms. The fraction of sp³-hybridized carbons (Fsp3) is 0.900. The number of methoxy groups -OCH3 is 1. The van der Waals surface area contributed by atoms with E-state index in [-0.39, 0.29) is 5.97 Å². The molecule has 13 heavy (non-hydrogen) atoms. The van der Waals surface area contributed by atoms with Gasteiger partial charge in [-0.15, -0.1) is 0 Å². The maximum Gasteiger partial charge on any atom is 0.326 e. The van der Waals surface area contributed by atoms with Gasteiger partial charge >= 0.3 is 5.97 Å². The summed E-state index contributed by atoms with van der Waals surface area (Å²) in [6, 6.07) is 0. The molecular weight excluding hydrogens is 166 g/mol. The summed E-state index contributed by atoms with van der Waals surface area (Å²) >= 11 is 0. The number of carbonyl (C=O) groups excluding carboxylic acids is 1. The van der Waals surface area contributed by atoms with E-state index in [9.17, 15) is 4.79 Å². The van der Waals surface area contributed by atoms with Crippen LogP contribution in [0.1, 0.15) is 40.0 Å². The number of nitrogens with one attached hydrogen (secondary N) is 1. The average Bonchev–Trinajstić information content (AvgIpc) is 2.19. The Balaban J connectivity index is 4.39. The Morgan fingerprint density at radius 2 is 1.85 bits per heavy atom. The van der Waals surface area contributed by atoms with Crippen molar-refractivity contribution in [3.63, 3.8) is 0 Å². The molecule has 0 saturated heterocycles. The van der Waals surface area contributed by atoms with Crippen molar-refractivity contribution in [1.29, 1.82) is 0 Å². The molecule has 0 fully saturated rings. The minimum absolute atomic E-state index is 0.147. The molecule has 0 saturated carbocycles. The molecule has 3 nitrogen and oxygen atoms in total. The molecule has 1 N–H and O–H groups in total. The van der Waals surface area contributed by atoms with Crippen molar-refractivity contribution < 1.29 is 9.53 Å². The van der Waals surface area contributed by atoms with Crippen LogP contribution >= 0.6 is 0 Å². The third kappa shape index (κ3) is 2.99. The molecule has 0 amide bonds. The molecule has 0 aromatic carbocycles. The Kier molecular flexibility index (Phi) is 5.71. The van der Waals surface area contributed by atoms with Crippen molar-refractivity contribution in [3.8, 4) is 0 Å². The van der Waals surface area contributed by atoms with Gasteiger partial charge in [-0.1, -0.05) is 20.8 Å². The van der Waals surface area contributed by atoms with Gasteiger partial charge in [-0.05, 0) is 25.8 Å². The van der Waals surface area contributed by atoms with Gasteiger partial charge in [0.25, 0.3) is 0 Å².